The van der Waals surface area contributed by atoms with Gasteiger partial charge in [-0.3, -0.25) is 0 Å². The van der Waals surface area contributed by atoms with Crippen molar-refractivity contribution in [1.82, 2.24) is 4.48 Å². The molecule has 10 aromatic rings. The Labute approximate surface area is 338 Å². The second-order valence-corrected chi connectivity index (χ2v) is 16.9. The van der Waals surface area contributed by atoms with Crippen molar-refractivity contribution in [2.45, 2.75) is 41.5 Å². The van der Waals surface area contributed by atoms with Gasteiger partial charge in [0, 0.05) is 61.3 Å². The third-order valence-electron chi connectivity index (χ3n) is 13.1. The van der Waals surface area contributed by atoms with Gasteiger partial charge >= 0.3 is 6.85 Å². The summed E-state index contributed by atoms with van der Waals surface area (Å²) >= 11 is 0. The minimum atomic E-state index is -0.0743. The standard InChI is InChI=1S/C54H41BN2O/c1-30-24-32(3)49(33(4)25-30)36-18-21-38(22-19-36)56-45-23-20-37(50-34(5)26-31(2)27-35(50)6)28-43(45)55-53-46(56)29-48-51(41-13-8-10-17-47(41)58-48)52(53)42-15-11-14-40-39-12-7-9-16-44(39)57(55)54(40)42/h7-29H,1-6H3. The van der Waals surface area contributed by atoms with Crippen molar-refractivity contribution >= 4 is 78.6 Å². The Morgan fingerprint density at radius 3 is 1.83 bits per heavy atom. The molecule has 3 nitrogen and oxygen atoms in total. The van der Waals surface area contributed by atoms with Crippen molar-refractivity contribution in [2.24, 2.45) is 0 Å². The Kier molecular flexibility index (Phi) is 6.83. The molecule has 2 aromatic heterocycles. The van der Waals surface area contributed by atoms with Crippen molar-refractivity contribution < 1.29 is 4.42 Å². The highest BCUT2D eigenvalue weighted by atomic mass is 16.3. The van der Waals surface area contributed by atoms with Gasteiger partial charge in [-0.2, -0.15) is 0 Å². The molecule has 4 heterocycles. The zero-order valence-corrected chi connectivity index (χ0v) is 33.7. The fourth-order valence-corrected chi connectivity index (χ4v) is 11.2. The molecule has 2 aliphatic rings. The van der Waals surface area contributed by atoms with Crippen LogP contribution in [-0.4, -0.2) is 11.3 Å². The van der Waals surface area contributed by atoms with Crippen molar-refractivity contribution in [3.8, 4) is 33.4 Å². The van der Waals surface area contributed by atoms with Gasteiger partial charge < -0.3 is 13.8 Å². The van der Waals surface area contributed by atoms with Gasteiger partial charge in [0.1, 0.15) is 11.2 Å². The van der Waals surface area contributed by atoms with Crippen LogP contribution < -0.4 is 15.8 Å². The highest BCUT2D eigenvalue weighted by Gasteiger charge is 2.44. The molecular formula is C54H41BN2O. The predicted octanol–water partition coefficient (Wildman–Crippen LogP) is 13.3. The van der Waals surface area contributed by atoms with Gasteiger partial charge in [0.15, 0.2) is 0 Å². The summed E-state index contributed by atoms with van der Waals surface area (Å²) in [6.45, 7) is 13.3. The highest BCUT2D eigenvalue weighted by Crippen LogP contribution is 2.50. The lowest BCUT2D eigenvalue weighted by Crippen LogP contribution is -2.56. The summed E-state index contributed by atoms with van der Waals surface area (Å²) in [6.07, 6.45) is 0. The van der Waals surface area contributed by atoms with E-state index in [0.29, 0.717) is 0 Å². The van der Waals surface area contributed by atoms with Crippen LogP contribution in [0.5, 0.6) is 0 Å². The number of aromatic nitrogens is 1. The highest BCUT2D eigenvalue weighted by molar-refractivity contribution is 6.90. The summed E-state index contributed by atoms with van der Waals surface area (Å²) in [7, 11) is 0. The second kappa shape index (κ2) is 11.9. The van der Waals surface area contributed by atoms with Gasteiger partial charge in [-0.1, -0.05) is 114 Å². The lowest BCUT2D eigenvalue weighted by atomic mass is 9.44. The SMILES string of the molecule is Cc1cc(C)c(-c2ccc(N3c4ccc(-c5c(C)cc(C)cc5C)cc4B4c5c3cc3oc6ccccc6c3c5-c3cccc5c6ccccc6n4c35)cc2)c(C)c1. The monoisotopic (exact) mass is 744 g/mol. The smallest absolute Gasteiger partial charge is 0.333 e. The molecule has 2 aliphatic heterocycles. The molecule has 0 fully saturated rings. The van der Waals surface area contributed by atoms with E-state index in [1.807, 2.05) is 0 Å². The van der Waals surface area contributed by atoms with E-state index < -0.39 is 0 Å². The molecule has 0 radical (unpaired) electrons. The summed E-state index contributed by atoms with van der Waals surface area (Å²) in [5.41, 5.74) is 25.9. The summed E-state index contributed by atoms with van der Waals surface area (Å²) in [6, 6.07) is 52.4. The van der Waals surface area contributed by atoms with Gasteiger partial charge in [-0.05, 0) is 133 Å². The first kappa shape index (κ1) is 33.4. The molecule has 0 bridgehead atoms. The fourth-order valence-electron chi connectivity index (χ4n) is 11.2. The lowest BCUT2D eigenvalue weighted by Gasteiger charge is -2.41. The third kappa shape index (κ3) is 4.46. The molecule has 58 heavy (non-hydrogen) atoms. The Morgan fingerprint density at radius 1 is 0.483 bits per heavy atom. The Balaban J connectivity index is 1.22. The predicted molar refractivity (Wildman–Crippen MR) is 247 cm³/mol. The van der Waals surface area contributed by atoms with Gasteiger partial charge in [0.25, 0.3) is 0 Å². The Bertz CT molecular complexity index is 3370. The van der Waals surface area contributed by atoms with Crippen molar-refractivity contribution in [2.75, 3.05) is 4.90 Å². The van der Waals surface area contributed by atoms with Crippen LogP contribution in [0.1, 0.15) is 33.4 Å². The maximum Gasteiger partial charge on any atom is 0.333 e. The van der Waals surface area contributed by atoms with Crippen LogP contribution in [0.4, 0.5) is 17.1 Å². The molecule has 8 aromatic carbocycles. The summed E-state index contributed by atoms with van der Waals surface area (Å²) in [5, 5.41) is 4.91. The average molecular weight is 745 g/mol. The van der Waals surface area contributed by atoms with Gasteiger partial charge in [-0.15, -0.1) is 0 Å². The molecule has 0 N–H and O–H groups in total. The topological polar surface area (TPSA) is 21.3 Å². The van der Waals surface area contributed by atoms with Crippen LogP contribution in [0.25, 0.3) is 77.1 Å². The van der Waals surface area contributed by atoms with Crippen LogP contribution in [0, 0.1) is 41.5 Å². The van der Waals surface area contributed by atoms with E-state index in [2.05, 4.69) is 190 Å². The molecule has 0 amide bonds. The lowest BCUT2D eigenvalue weighted by molar-refractivity contribution is 0.669. The summed E-state index contributed by atoms with van der Waals surface area (Å²) in [5.74, 6) is 0. The van der Waals surface area contributed by atoms with E-state index in [9.17, 15) is 0 Å². The summed E-state index contributed by atoms with van der Waals surface area (Å²) < 4.78 is 9.48. The van der Waals surface area contributed by atoms with Crippen LogP contribution in [0.3, 0.4) is 0 Å². The molecule has 4 heteroatoms. The molecule has 12 rings (SSSR count). The van der Waals surface area contributed by atoms with Crippen molar-refractivity contribution in [3.05, 3.63) is 173 Å². The maximum atomic E-state index is 6.83. The number of rotatable bonds is 3. The quantitative estimate of drug-likeness (QED) is 0.168. The van der Waals surface area contributed by atoms with Crippen LogP contribution >= 0.6 is 0 Å². The zero-order valence-electron chi connectivity index (χ0n) is 33.7. The third-order valence-corrected chi connectivity index (χ3v) is 13.1. The minimum absolute atomic E-state index is 0.0743. The zero-order chi connectivity index (χ0) is 39.1. The molecule has 0 spiro atoms. The van der Waals surface area contributed by atoms with Crippen LogP contribution in [0.2, 0.25) is 0 Å². The normalized spacial score (nSPS) is 12.9. The summed E-state index contributed by atoms with van der Waals surface area (Å²) in [4.78, 5) is 2.51. The number of hydrogen-bond acceptors (Lipinski definition) is 2. The minimum Gasteiger partial charge on any atom is -0.456 e. The van der Waals surface area contributed by atoms with Crippen LogP contribution in [-0.2, 0) is 0 Å². The van der Waals surface area contributed by atoms with E-state index in [0.717, 1.165) is 27.9 Å². The Morgan fingerprint density at radius 2 is 1.10 bits per heavy atom. The first-order chi connectivity index (χ1) is 28.2. The molecule has 276 valence electrons. The second-order valence-electron chi connectivity index (χ2n) is 16.9. The van der Waals surface area contributed by atoms with E-state index in [-0.39, 0.29) is 6.85 Å². The average Bonchev–Trinajstić information content (AvgIpc) is 3.75. The number of anilines is 3. The number of fused-ring (bicyclic) bond motifs is 11. The number of hydrogen-bond donors (Lipinski definition) is 0. The fraction of sp³-hybridized carbons (Fsp3) is 0.111. The molecule has 0 saturated carbocycles. The van der Waals surface area contributed by atoms with E-state index >= 15 is 0 Å². The number of furan rings is 1. The van der Waals surface area contributed by atoms with Gasteiger partial charge in [-0.25, -0.2) is 0 Å². The number of nitrogens with zero attached hydrogens (tertiary/aromatic N) is 2. The maximum absolute atomic E-state index is 6.83. The number of benzene rings is 8. The molecule has 0 saturated heterocycles. The van der Waals surface area contributed by atoms with Crippen molar-refractivity contribution in [3.63, 3.8) is 0 Å². The number of para-hydroxylation sites is 3. The molecule has 0 unspecified atom stereocenters. The van der Waals surface area contributed by atoms with E-state index in [4.69, 9.17) is 4.42 Å². The van der Waals surface area contributed by atoms with Crippen LogP contribution in [0.15, 0.2) is 144 Å². The first-order valence-electron chi connectivity index (χ1n) is 20.5. The molecule has 0 atom stereocenters. The first-order valence-corrected chi connectivity index (χ1v) is 20.5. The molecular weight excluding hydrogens is 703 g/mol. The molecule has 0 aliphatic carbocycles. The Hall–Kier alpha value is -6.78. The number of aryl methyl sites for hydroxylation is 6. The van der Waals surface area contributed by atoms with Crippen molar-refractivity contribution in [1.29, 1.82) is 0 Å². The van der Waals surface area contributed by atoms with Gasteiger partial charge in [0.05, 0.1) is 0 Å². The van der Waals surface area contributed by atoms with Gasteiger partial charge in [0.2, 0.25) is 0 Å². The van der Waals surface area contributed by atoms with E-state index in [1.165, 1.54) is 111 Å². The largest absolute Gasteiger partial charge is 0.456 e. The van der Waals surface area contributed by atoms with E-state index in [1.54, 1.807) is 0 Å².